The Morgan fingerprint density at radius 2 is 2.00 bits per heavy atom. The van der Waals surface area contributed by atoms with Crippen LogP contribution >= 0.6 is 11.3 Å². The lowest BCUT2D eigenvalue weighted by Gasteiger charge is -2.33. The molecule has 0 aliphatic carbocycles. The molecule has 6 heteroatoms. The molecule has 0 unspecified atom stereocenters. The van der Waals surface area contributed by atoms with Crippen LogP contribution in [-0.2, 0) is 11.8 Å². The molecule has 1 aliphatic rings. The van der Waals surface area contributed by atoms with E-state index in [0.717, 1.165) is 30.7 Å². The number of thiazole rings is 1. The highest BCUT2D eigenvalue weighted by Gasteiger charge is 2.28. The standard InChI is InChI=1S/C15H25N3O2S/c1-15(2,3)20-14(19)18-8-6-11(7-9-18)12-10-17(5)13(16-4)21-12/h10-11H,6-9H2,1-5H3. The molecule has 0 atom stereocenters. The molecule has 1 fully saturated rings. The molecule has 21 heavy (non-hydrogen) atoms. The van der Waals surface area contributed by atoms with E-state index in [9.17, 15) is 4.79 Å². The third-order valence-corrected chi connectivity index (χ3v) is 4.90. The Balaban J connectivity index is 1.95. The van der Waals surface area contributed by atoms with Gasteiger partial charge in [0.15, 0.2) is 4.80 Å². The number of nitrogens with zero attached hydrogens (tertiary/aromatic N) is 3. The summed E-state index contributed by atoms with van der Waals surface area (Å²) in [5.41, 5.74) is -0.424. The van der Waals surface area contributed by atoms with Gasteiger partial charge in [-0.25, -0.2) is 4.79 Å². The average Bonchev–Trinajstić information content (AvgIpc) is 2.78. The van der Waals surface area contributed by atoms with Crippen LogP contribution in [0.5, 0.6) is 0 Å². The first-order valence-corrected chi connectivity index (χ1v) is 8.19. The van der Waals surface area contributed by atoms with Gasteiger partial charge in [0.05, 0.1) is 0 Å². The monoisotopic (exact) mass is 311 g/mol. The van der Waals surface area contributed by atoms with Gasteiger partial charge < -0.3 is 14.2 Å². The van der Waals surface area contributed by atoms with Gasteiger partial charge in [-0.2, -0.15) is 0 Å². The first-order valence-electron chi connectivity index (χ1n) is 7.37. The van der Waals surface area contributed by atoms with Crippen molar-refractivity contribution >= 4 is 17.4 Å². The van der Waals surface area contributed by atoms with Gasteiger partial charge in [-0.15, -0.1) is 11.3 Å². The third kappa shape index (κ3) is 4.09. The Morgan fingerprint density at radius 3 is 2.48 bits per heavy atom. The van der Waals surface area contributed by atoms with Gasteiger partial charge in [-0.05, 0) is 39.5 Å². The normalized spacial score (nSPS) is 18.1. The number of aryl methyl sites for hydroxylation is 1. The van der Waals surface area contributed by atoms with E-state index < -0.39 is 5.60 Å². The van der Waals surface area contributed by atoms with Crippen molar-refractivity contribution in [1.29, 1.82) is 0 Å². The number of hydrogen-bond acceptors (Lipinski definition) is 4. The molecule has 2 heterocycles. The Hall–Kier alpha value is -1.30. The zero-order valence-electron chi connectivity index (χ0n) is 13.5. The molecular formula is C15H25N3O2S. The fourth-order valence-corrected chi connectivity index (χ4v) is 3.63. The van der Waals surface area contributed by atoms with Crippen LogP contribution < -0.4 is 4.80 Å². The topological polar surface area (TPSA) is 46.8 Å². The molecule has 118 valence electrons. The molecular weight excluding hydrogens is 286 g/mol. The van der Waals surface area contributed by atoms with E-state index in [-0.39, 0.29) is 6.09 Å². The zero-order chi connectivity index (χ0) is 15.6. The second-order valence-corrected chi connectivity index (χ2v) is 7.53. The van der Waals surface area contributed by atoms with Crippen LogP contribution in [-0.4, -0.2) is 41.3 Å². The maximum atomic E-state index is 12.0. The fourth-order valence-electron chi connectivity index (χ4n) is 2.52. The average molecular weight is 311 g/mol. The smallest absolute Gasteiger partial charge is 0.410 e. The van der Waals surface area contributed by atoms with Crippen molar-refractivity contribution in [2.24, 2.45) is 12.0 Å². The molecule has 2 rings (SSSR count). The predicted octanol–water partition coefficient (Wildman–Crippen LogP) is 2.73. The predicted molar refractivity (Wildman–Crippen MR) is 84.6 cm³/mol. The number of carbonyl (C=O) groups excluding carboxylic acids is 1. The van der Waals surface area contributed by atoms with Crippen LogP contribution in [0.25, 0.3) is 0 Å². The molecule has 0 N–H and O–H groups in total. The van der Waals surface area contributed by atoms with Crippen molar-refractivity contribution in [3.63, 3.8) is 0 Å². The molecule has 1 aliphatic heterocycles. The Bertz CT molecular complexity index is 560. The molecule has 0 saturated carbocycles. The minimum Gasteiger partial charge on any atom is -0.444 e. The summed E-state index contributed by atoms with van der Waals surface area (Å²) in [6, 6.07) is 0. The van der Waals surface area contributed by atoms with Gasteiger partial charge in [-0.3, -0.25) is 4.99 Å². The van der Waals surface area contributed by atoms with E-state index in [2.05, 4.69) is 15.8 Å². The van der Waals surface area contributed by atoms with Crippen molar-refractivity contribution in [3.8, 4) is 0 Å². The number of carbonyl (C=O) groups is 1. The summed E-state index contributed by atoms with van der Waals surface area (Å²) in [7, 11) is 3.85. The number of ether oxygens (including phenoxy) is 1. The molecule has 0 spiro atoms. The highest BCUT2D eigenvalue weighted by Crippen LogP contribution is 2.30. The van der Waals surface area contributed by atoms with Crippen LogP contribution in [0.1, 0.15) is 44.4 Å². The Morgan fingerprint density at radius 1 is 1.38 bits per heavy atom. The maximum absolute atomic E-state index is 12.0. The van der Waals surface area contributed by atoms with Crippen LogP contribution in [0.2, 0.25) is 0 Å². The summed E-state index contributed by atoms with van der Waals surface area (Å²) >= 11 is 1.75. The summed E-state index contributed by atoms with van der Waals surface area (Å²) in [5.74, 6) is 0.524. The lowest BCUT2D eigenvalue weighted by Crippen LogP contribution is -2.41. The van der Waals surface area contributed by atoms with Crippen LogP contribution in [0, 0.1) is 0 Å². The van der Waals surface area contributed by atoms with Crippen molar-refractivity contribution in [2.75, 3.05) is 20.1 Å². The highest BCUT2D eigenvalue weighted by molar-refractivity contribution is 7.09. The van der Waals surface area contributed by atoms with Crippen molar-refractivity contribution in [1.82, 2.24) is 9.47 Å². The zero-order valence-corrected chi connectivity index (χ0v) is 14.4. The number of amides is 1. The minimum absolute atomic E-state index is 0.193. The lowest BCUT2D eigenvalue weighted by atomic mass is 9.96. The second kappa shape index (κ2) is 6.22. The van der Waals surface area contributed by atoms with E-state index in [1.807, 2.05) is 39.8 Å². The van der Waals surface area contributed by atoms with Gasteiger partial charge in [0, 0.05) is 38.3 Å². The number of aromatic nitrogens is 1. The minimum atomic E-state index is -0.424. The summed E-state index contributed by atoms with van der Waals surface area (Å²) in [6.07, 6.45) is 3.95. The highest BCUT2D eigenvalue weighted by atomic mass is 32.1. The molecule has 0 radical (unpaired) electrons. The van der Waals surface area contributed by atoms with Gasteiger partial charge in [0.25, 0.3) is 0 Å². The van der Waals surface area contributed by atoms with Gasteiger partial charge in [-0.1, -0.05) is 0 Å². The third-order valence-electron chi connectivity index (χ3n) is 3.57. The van der Waals surface area contributed by atoms with E-state index >= 15 is 0 Å². The number of rotatable bonds is 1. The van der Waals surface area contributed by atoms with E-state index in [4.69, 9.17) is 4.74 Å². The second-order valence-electron chi connectivity index (χ2n) is 6.49. The summed E-state index contributed by atoms with van der Waals surface area (Å²) < 4.78 is 7.50. The van der Waals surface area contributed by atoms with Gasteiger partial charge in [0.2, 0.25) is 0 Å². The van der Waals surface area contributed by atoms with Gasteiger partial charge >= 0.3 is 6.09 Å². The molecule has 0 bridgehead atoms. The van der Waals surface area contributed by atoms with E-state index in [0.29, 0.717) is 5.92 Å². The molecule has 5 nitrogen and oxygen atoms in total. The van der Waals surface area contributed by atoms with Crippen LogP contribution in [0.3, 0.4) is 0 Å². The summed E-state index contributed by atoms with van der Waals surface area (Å²) in [4.78, 5) is 20.5. The van der Waals surface area contributed by atoms with E-state index in [1.54, 1.807) is 11.3 Å². The van der Waals surface area contributed by atoms with Crippen molar-refractivity contribution < 1.29 is 9.53 Å². The molecule has 1 aromatic heterocycles. The summed E-state index contributed by atoms with van der Waals surface area (Å²) in [5, 5.41) is 0. The maximum Gasteiger partial charge on any atom is 0.410 e. The van der Waals surface area contributed by atoms with Gasteiger partial charge in [0.1, 0.15) is 5.60 Å². The molecule has 0 aromatic carbocycles. The first kappa shape index (κ1) is 16.1. The fraction of sp³-hybridized carbons (Fsp3) is 0.733. The molecule has 1 aromatic rings. The Labute approximate surface area is 130 Å². The van der Waals surface area contributed by atoms with Crippen molar-refractivity contribution in [3.05, 3.63) is 15.9 Å². The number of likely N-dealkylation sites (tertiary alicyclic amines) is 1. The van der Waals surface area contributed by atoms with Crippen molar-refractivity contribution in [2.45, 2.75) is 45.1 Å². The summed E-state index contributed by atoms with van der Waals surface area (Å²) in [6.45, 7) is 7.23. The number of hydrogen-bond donors (Lipinski definition) is 0. The lowest BCUT2D eigenvalue weighted by molar-refractivity contribution is 0.0205. The van der Waals surface area contributed by atoms with Crippen LogP contribution in [0.15, 0.2) is 11.2 Å². The largest absolute Gasteiger partial charge is 0.444 e. The number of piperidine rings is 1. The quantitative estimate of drug-likeness (QED) is 0.800. The SMILES string of the molecule is CN=c1sc(C2CCN(C(=O)OC(C)(C)C)CC2)cn1C. The molecule has 1 saturated heterocycles. The van der Waals surface area contributed by atoms with E-state index in [1.165, 1.54) is 4.88 Å². The van der Waals surface area contributed by atoms with Crippen LogP contribution in [0.4, 0.5) is 4.79 Å². The Kier molecular flexibility index (Phi) is 4.76. The molecule has 1 amide bonds. The first-order chi connectivity index (χ1) is 9.80.